The van der Waals surface area contributed by atoms with E-state index in [9.17, 15) is 0 Å². The predicted molar refractivity (Wildman–Crippen MR) is 227 cm³/mol. The van der Waals surface area contributed by atoms with Gasteiger partial charge in [-0.05, 0) is 68.8 Å². The van der Waals surface area contributed by atoms with Gasteiger partial charge in [0.25, 0.3) is 0 Å². The Bertz CT molecular complexity index is 2890. The molecule has 1 aliphatic carbocycles. The van der Waals surface area contributed by atoms with Crippen LogP contribution in [0.1, 0.15) is 22.3 Å². The van der Waals surface area contributed by atoms with Crippen LogP contribution in [0.5, 0.6) is 11.5 Å². The smallest absolute Gasteiger partial charge is 0.160 e. The molecular weight excluding hydrogens is 681 g/mol. The van der Waals surface area contributed by atoms with Crippen LogP contribution in [-0.2, 0) is 5.41 Å². The molecule has 0 atom stereocenters. The van der Waals surface area contributed by atoms with Crippen molar-refractivity contribution < 1.29 is 4.74 Å². The molecule has 0 amide bonds. The number of para-hydroxylation sites is 1. The standard InChI is InChI=1S/C53H34N2O/c1-3-14-35(15-4-1)36-26-28-38(29-27-36)49-34-48(37-16-5-2-6-17-37)54-52(55-49)41-19-13-18-39(32-41)40-30-31-47-51(33-40)56-50-25-12-11-24-46(50)53(47)44-22-9-7-20-42(44)43-21-8-10-23-45(43)53/h1-34H. The summed E-state index contributed by atoms with van der Waals surface area (Å²) in [7, 11) is 0. The monoisotopic (exact) mass is 714 g/mol. The van der Waals surface area contributed by atoms with Crippen molar-refractivity contribution in [3.63, 3.8) is 0 Å². The maximum absolute atomic E-state index is 6.81. The minimum Gasteiger partial charge on any atom is -0.457 e. The molecule has 0 unspecified atom stereocenters. The molecular formula is C53H34N2O. The van der Waals surface area contributed by atoms with Crippen LogP contribution in [0, 0.1) is 0 Å². The highest BCUT2D eigenvalue weighted by Crippen LogP contribution is 2.62. The van der Waals surface area contributed by atoms with Crippen molar-refractivity contribution in [1.29, 1.82) is 0 Å². The van der Waals surface area contributed by atoms with E-state index in [4.69, 9.17) is 14.7 Å². The highest BCUT2D eigenvalue weighted by molar-refractivity contribution is 5.89. The average molecular weight is 715 g/mol. The van der Waals surface area contributed by atoms with Gasteiger partial charge in [-0.1, -0.05) is 182 Å². The minimum absolute atomic E-state index is 0.487. The number of rotatable bonds is 5. The van der Waals surface area contributed by atoms with Gasteiger partial charge in [-0.2, -0.15) is 0 Å². The molecule has 56 heavy (non-hydrogen) atoms. The number of fused-ring (bicyclic) bond motifs is 9. The fourth-order valence-corrected chi connectivity index (χ4v) is 8.82. The van der Waals surface area contributed by atoms with Crippen molar-refractivity contribution in [2.75, 3.05) is 0 Å². The summed E-state index contributed by atoms with van der Waals surface area (Å²) in [6, 6.07) is 73.0. The zero-order valence-corrected chi connectivity index (χ0v) is 30.4. The van der Waals surface area contributed by atoms with E-state index in [1.54, 1.807) is 0 Å². The Kier molecular flexibility index (Phi) is 7.39. The number of hydrogen-bond donors (Lipinski definition) is 0. The van der Waals surface area contributed by atoms with Crippen LogP contribution in [0.2, 0.25) is 0 Å². The van der Waals surface area contributed by atoms with Crippen molar-refractivity contribution in [2.45, 2.75) is 5.41 Å². The largest absolute Gasteiger partial charge is 0.457 e. The molecule has 2 heterocycles. The van der Waals surface area contributed by atoms with E-state index in [0.29, 0.717) is 5.82 Å². The molecule has 0 fully saturated rings. The Morgan fingerprint density at radius 2 is 0.768 bits per heavy atom. The Hall–Kier alpha value is -7.36. The van der Waals surface area contributed by atoms with Gasteiger partial charge in [-0.25, -0.2) is 9.97 Å². The van der Waals surface area contributed by atoms with Gasteiger partial charge in [0.1, 0.15) is 11.5 Å². The lowest BCUT2D eigenvalue weighted by Crippen LogP contribution is -2.32. The molecule has 262 valence electrons. The Labute approximate surface area is 326 Å². The third-order valence-corrected chi connectivity index (χ3v) is 11.4. The van der Waals surface area contributed by atoms with Gasteiger partial charge in [0.05, 0.1) is 16.8 Å². The lowest BCUT2D eigenvalue weighted by atomic mass is 9.66. The fourth-order valence-electron chi connectivity index (χ4n) is 8.82. The Morgan fingerprint density at radius 3 is 1.46 bits per heavy atom. The maximum Gasteiger partial charge on any atom is 0.160 e. The van der Waals surface area contributed by atoms with E-state index in [-0.39, 0.29) is 0 Å². The number of ether oxygens (including phenoxy) is 1. The third-order valence-electron chi connectivity index (χ3n) is 11.4. The van der Waals surface area contributed by atoms with E-state index in [1.807, 2.05) is 12.1 Å². The molecule has 0 bridgehead atoms. The van der Waals surface area contributed by atoms with Crippen LogP contribution in [0.4, 0.5) is 0 Å². The maximum atomic E-state index is 6.81. The second kappa shape index (κ2) is 12.9. The number of aromatic nitrogens is 2. The highest BCUT2D eigenvalue weighted by Gasteiger charge is 2.50. The molecule has 8 aromatic carbocycles. The molecule has 3 nitrogen and oxygen atoms in total. The third kappa shape index (κ3) is 5.05. The highest BCUT2D eigenvalue weighted by atomic mass is 16.5. The second-order valence-electron chi connectivity index (χ2n) is 14.5. The van der Waals surface area contributed by atoms with Crippen molar-refractivity contribution >= 4 is 0 Å². The SMILES string of the molecule is c1ccc(-c2ccc(-c3cc(-c4ccccc4)nc(-c4cccc(-c5ccc6c(c5)Oc5ccccc5C65c6ccccc6-c6ccccc65)c4)n3)cc2)cc1. The molecule has 0 N–H and O–H groups in total. The van der Waals surface area contributed by atoms with Crippen LogP contribution < -0.4 is 4.74 Å². The quantitative estimate of drug-likeness (QED) is 0.178. The normalized spacial score (nSPS) is 12.9. The van der Waals surface area contributed by atoms with Crippen LogP contribution in [0.15, 0.2) is 206 Å². The second-order valence-corrected chi connectivity index (χ2v) is 14.5. The molecule has 1 spiro atoms. The summed E-state index contributed by atoms with van der Waals surface area (Å²) >= 11 is 0. The van der Waals surface area contributed by atoms with Crippen molar-refractivity contribution in [1.82, 2.24) is 9.97 Å². The first kappa shape index (κ1) is 32.1. The molecule has 3 heteroatoms. The zero-order chi connectivity index (χ0) is 37.1. The number of nitrogens with zero attached hydrogens (tertiary/aromatic N) is 2. The molecule has 11 rings (SSSR count). The predicted octanol–water partition coefficient (Wildman–Crippen LogP) is 13.3. The van der Waals surface area contributed by atoms with Gasteiger partial charge >= 0.3 is 0 Å². The summed E-state index contributed by atoms with van der Waals surface area (Å²) in [6.45, 7) is 0. The van der Waals surface area contributed by atoms with Gasteiger partial charge in [0.2, 0.25) is 0 Å². The number of benzene rings is 8. The molecule has 0 radical (unpaired) electrons. The summed E-state index contributed by atoms with van der Waals surface area (Å²) in [5, 5.41) is 0. The summed E-state index contributed by atoms with van der Waals surface area (Å²) < 4.78 is 6.81. The van der Waals surface area contributed by atoms with E-state index >= 15 is 0 Å². The van der Waals surface area contributed by atoms with Crippen molar-refractivity contribution in [3.05, 3.63) is 229 Å². The molecule has 1 aliphatic heterocycles. The van der Waals surface area contributed by atoms with Gasteiger partial charge in [0, 0.05) is 27.8 Å². The average Bonchev–Trinajstić information content (AvgIpc) is 3.57. The van der Waals surface area contributed by atoms with E-state index < -0.39 is 5.41 Å². The first-order valence-corrected chi connectivity index (χ1v) is 19.1. The molecule has 9 aromatic rings. The Balaban J connectivity index is 1.02. The van der Waals surface area contributed by atoms with Gasteiger partial charge in [0.15, 0.2) is 5.82 Å². The fraction of sp³-hybridized carbons (Fsp3) is 0.0189. The molecule has 0 saturated heterocycles. The first-order chi connectivity index (χ1) is 27.7. The lowest BCUT2D eigenvalue weighted by molar-refractivity contribution is 0.436. The van der Waals surface area contributed by atoms with Crippen LogP contribution in [-0.4, -0.2) is 9.97 Å². The topological polar surface area (TPSA) is 35.0 Å². The summed E-state index contributed by atoms with van der Waals surface area (Å²) in [6.07, 6.45) is 0. The molecule has 0 saturated carbocycles. The lowest BCUT2D eigenvalue weighted by Gasteiger charge is -2.39. The van der Waals surface area contributed by atoms with Gasteiger partial charge in [-0.3, -0.25) is 0 Å². The molecule has 1 aromatic heterocycles. The van der Waals surface area contributed by atoms with Crippen LogP contribution in [0.3, 0.4) is 0 Å². The Morgan fingerprint density at radius 1 is 0.304 bits per heavy atom. The van der Waals surface area contributed by atoms with E-state index in [1.165, 1.54) is 38.9 Å². The van der Waals surface area contributed by atoms with Gasteiger partial charge in [-0.15, -0.1) is 0 Å². The summed E-state index contributed by atoms with van der Waals surface area (Å²) in [5.41, 5.74) is 16.2. The van der Waals surface area contributed by atoms with Gasteiger partial charge < -0.3 is 4.74 Å². The summed E-state index contributed by atoms with van der Waals surface area (Å²) in [4.78, 5) is 10.3. The van der Waals surface area contributed by atoms with E-state index in [0.717, 1.165) is 56.3 Å². The van der Waals surface area contributed by atoms with Crippen LogP contribution >= 0.6 is 0 Å². The summed E-state index contributed by atoms with van der Waals surface area (Å²) in [5.74, 6) is 2.42. The van der Waals surface area contributed by atoms with Crippen molar-refractivity contribution in [2.24, 2.45) is 0 Å². The molecule has 2 aliphatic rings. The minimum atomic E-state index is -0.487. The first-order valence-electron chi connectivity index (χ1n) is 19.1. The van der Waals surface area contributed by atoms with Crippen molar-refractivity contribution in [3.8, 4) is 78.8 Å². The van der Waals surface area contributed by atoms with E-state index in [2.05, 4.69) is 194 Å². The zero-order valence-electron chi connectivity index (χ0n) is 30.4. The number of hydrogen-bond acceptors (Lipinski definition) is 3. The van der Waals surface area contributed by atoms with Crippen LogP contribution in [0.25, 0.3) is 67.3 Å².